The van der Waals surface area contributed by atoms with E-state index < -0.39 is 11.9 Å². The van der Waals surface area contributed by atoms with Crippen molar-refractivity contribution in [1.82, 2.24) is 4.98 Å². The molecule has 0 saturated heterocycles. The highest BCUT2D eigenvalue weighted by Gasteiger charge is 2.38. The molecule has 1 aromatic carbocycles. The molecule has 0 radical (unpaired) electrons. The van der Waals surface area contributed by atoms with E-state index in [1.165, 1.54) is 18.4 Å². The number of anilines is 1. The summed E-state index contributed by atoms with van der Waals surface area (Å²) >= 11 is 1.32. The minimum Gasteiger partial charge on any atom is -0.466 e. The number of carbonyl (C=O) groups is 2. The predicted molar refractivity (Wildman–Crippen MR) is 128 cm³/mol. The van der Waals surface area contributed by atoms with Gasteiger partial charge in [0.25, 0.3) is 5.91 Å². The fourth-order valence-electron chi connectivity index (χ4n) is 4.05. The number of rotatable bonds is 7. The van der Waals surface area contributed by atoms with Crippen LogP contribution in [0.4, 0.5) is 5.13 Å². The van der Waals surface area contributed by atoms with Crippen molar-refractivity contribution in [3.05, 3.63) is 63.3 Å². The molecular weight excluding hydrogens is 424 g/mol. The second-order valence-electron chi connectivity index (χ2n) is 8.30. The van der Waals surface area contributed by atoms with Gasteiger partial charge in [-0.2, -0.15) is 0 Å². The largest absolute Gasteiger partial charge is 0.466 e. The number of aryl methyl sites for hydroxylation is 1. The Bertz CT molecular complexity index is 1080. The number of benzene rings is 1. The van der Waals surface area contributed by atoms with E-state index in [1.807, 2.05) is 43.0 Å². The first-order chi connectivity index (χ1) is 15.2. The molecule has 1 amide bonds. The van der Waals surface area contributed by atoms with Crippen molar-refractivity contribution in [3.8, 4) is 0 Å². The van der Waals surface area contributed by atoms with E-state index in [4.69, 9.17) is 16.2 Å². The third kappa shape index (κ3) is 4.47. The van der Waals surface area contributed by atoms with Crippen LogP contribution < -0.4 is 16.4 Å². The fourth-order valence-corrected chi connectivity index (χ4v) is 4.97. The van der Waals surface area contributed by atoms with Crippen molar-refractivity contribution < 1.29 is 14.3 Å². The maximum absolute atomic E-state index is 13.0. The van der Waals surface area contributed by atoms with Gasteiger partial charge < -0.3 is 21.1 Å². The normalized spacial score (nSPS) is 16.7. The lowest BCUT2D eigenvalue weighted by atomic mass is 9.82. The minimum atomic E-state index is -0.588. The lowest BCUT2D eigenvalue weighted by Gasteiger charge is -2.40. The van der Waals surface area contributed by atoms with Crippen LogP contribution in [0.5, 0.6) is 0 Å². The second kappa shape index (κ2) is 9.67. The molecule has 3 rings (SSSR count). The molecule has 0 fully saturated rings. The van der Waals surface area contributed by atoms with E-state index in [2.05, 4.69) is 18.8 Å². The summed E-state index contributed by atoms with van der Waals surface area (Å²) in [6.45, 7) is 8.47. The van der Waals surface area contributed by atoms with Gasteiger partial charge >= 0.3 is 5.97 Å². The summed E-state index contributed by atoms with van der Waals surface area (Å²) in [5.74, 6) is -0.676. The summed E-state index contributed by atoms with van der Waals surface area (Å²) in [5.41, 5.74) is 17.2. The molecule has 0 saturated carbocycles. The highest BCUT2D eigenvalue weighted by atomic mass is 32.1. The van der Waals surface area contributed by atoms with Crippen LogP contribution in [0.15, 0.2) is 46.5 Å². The summed E-state index contributed by atoms with van der Waals surface area (Å²) in [7, 11) is 1.38. The Morgan fingerprint density at radius 1 is 1.25 bits per heavy atom. The van der Waals surface area contributed by atoms with Crippen LogP contribution >= 0.6 is 11.3 Å². The number of carbonyl (C=O) groups excluding carboxylic acids is 2. The zero-order chi connectivity index (χ0) is 23.6. The average molecular weight is 455 g/mol. The topological polar surface area (TPSA) is 112 Å². The number of hydrogen-bond acceptors (Lipinski definition) is 7. The van der Waals surface area contributed by atoms with Gasteiger partial charge in [0.1, 0.15) is 5.69 Å². The summed E-state index contributed by atoms with van der Waals surface area (Å²) in [6, 6.07) is 7.67. The number of nitrogens with zero attached hydrogens (tertiary/aromatic N) is 2. The van der Waals surface area contributed by atoms with Crippen molar-refractivity contribution in [3.63, 3.8) is 0 Å². The fraction of sp³-hybridized carbons (Fsp3) is 0.375. The lowest BCUT2D eigenvalue weighted by molar-refractivity contribution is -0.136. The molecule has 2 heterocycles. The number of amides is 1. The Labute approximate surface area is 192 Å². The second-order valence-corrected chi connectivity index (χ2v) is 9.14. The molecule has 0 bridgehead atoms. The number of allylic oxidation sites excluding steroid dienone is 1. The monoisotopic (exact) mass is 454 g/mol. The van der Waals surface area contributed by atoms with Gasteiger partial charge in [0.05, 0.1) is 18.7 Å². The number of primary amides is 1. The molecule has 170 valence electrons. The number of methoxy groups -OCH3 is 1. The average Bonchev–Trinajstić information content (AvgIpc) is 3.23. The Hall–Kier alpha value is -2.97. The highest BCUT2D eigenvalue weighted by molar-refractivity contribution is 7.14. The number of nitrogens with two attached hydrogens (primary N) is 2. The number of aromatic nitrogens is 1. The van der Waals surface area contributed by atoms with Gasteiger partial charge in [0, 0.05) is 23.2 Å². The summed E-state index contributed by atoms with van der Waals surface area (Å²) in [4.78, 5) is 31.2. The Kier molecular flexibility index (Phi) is 7.16. The highest BCUT2D eigenvalue weighted by Crippen LogP contribution is 2.43. The third-order valence-electron chi connectivity index (χ3n) is 5.52. The van der Waals surface area contributed by atoms with Gasteiger partial charge in [0.2, 0.25) is 0 Å². The zero-order valence-electron chi connectivity index (χ0n) is 19.1. The van der Waals surface area contributed by atoms with Gasteiger partial charge in [-0.1, -0.05) is 43.7 Å². The zero-order valence-corrected chi connectivity index (χ0v) is 20.0. The van der Waals surface area contributed by atoms with Crippen LogP contribution in [0, 0.1) is 12.8 Å². The number of ether oxygens (including phenoxy) is 1. The van der Waals surface area contributed by atoms with Gasteiger partial charge in [-0.3, -0.25) is 4.79 Å². The van der Waals surface area contributed by atoms with Crippen molar-refractivity contribution in [1.29, 1.82) is 0 Å². The smallest absolute Gasteiger partial charge is 0.336 e. The first kappa shape index (κ1) is 23.7. The Morgan fingerprint density at radius 2 is 1.91 bits per heavy atom. The van der Waals surface area contributed by atoms with Gasteiger partial charge in [-0.15, -0.1) is 11.3 Å². The van der Waals surface area contributed by atoms with E-state index in [0.29, 0.717) is 16.6 Å². The Balaban J connectivity index is 2.32. The number of esters is 1. The van der Waals surface area contributed by atoms with Crippen molar-refractivity contribution >= 4 is 33.9 Å². The molecule has 0 spiro atoms. The number of thiazole rings is 1. The molecule has 1 aliphatic heterocycles. The minimum absolute atomic E-state index is 0.198. The lowest BCUT2D eigenvalue weighted by Crippen LogP contribution is -2.42. The molecule has 7 nitrogen and oxygen atoms in total. The van der Waals surface area contributed by atoms with E-state index in [0.717, 1.165) is 34.4 Å². The van der Waals surface area contributed by atoms with E-state index in [-0.39, 0.29) is 18.3 Å². The molecule has 1 unspecified atom stereocenters. The maximum Gasteiger partial charge on any atom is 0.336 e. The van der Waals surface area contributed by atoms with Crippen molar-refractivity contribution in [2.75, 3.05) is 18.6 Å². The van der Waals surface area contributed by atoms with Gasteiger partial charge in [-0.25, -0.2) is 9.78 Å². The van der Waals surface area contributed by atoms with Crippen LogP contribution in [0.2, 0.25) is 0 Å². The third-order valence-corrected chi connectivity index (χ3v) is 6.36. The van der Waals surface area contributed by atoms with Crippen LogP contribution in [-0.2, 0) is 9.53 Å². The predicted octanol–water partition coefficient (Wildman–Crippen LogP) is 3.64. The number of hydrogen-bond donors (Lipinski definition) is 2. The van der Waals surface area contributed by atoms with Crippen molar-refractivity contribution in [2.45, 2.75) is 40.2 Å². The Morgan fingerprint density at radius 3 is 2.41 bits per heavy atom. The van der Waals surface area contributed by atoms with Gasteiger partial charge in [-0.05, 0) is 37.3 Å². The summed E-state index contributed by atoms with van der Waals surface area (Å²) in [5, 5.41) is 2.23. The molecule has 0 aliphatic carbocycles. The first-order valence-corrected chi connectivity index (χ1v) is 11.4. The molecule has 1 atom stereocenters. The summed E-state index contributed by atoms with van der Waals surface area (Å²) < 4.78 is 5.19. The van der Waals surface area contributed by atoms with E-state index in [9.17, 15) is 9.59 Å². The van der Waals surface area contributed by atoms with E-state index >= 15 is 0 Å². The van der Waals surface area contributed by atoms with Gasteiger partial charge in [0.15, 0.2) is 5.13 Å². The molecule has 32 heavy (non-hydrogen) atoms. The van der Waals surface area contributed by atoms with Crippen LogP contribution in [0.1, 0.15) is 48.8 Å². The van der Waals surface area contributed by atoms with Crippen molar-refractivity contribution in [2.24, 2.45) is 17.4 Å². The standard InChI is InChI=1S/C24H30N4O3S/c1-13(2)10-19-17(11-25)21(16-8-6-14(3)7-9-16)20(23(30)31-5)15(4)28(19)24-27-18(12-32-24)22(26)29/h6-9,12-13,15H,10-11,25H2,1-5H3,(H2,26,29). The quantitative estimate of drug-likeness (QED) is 0.618. The first-order valence-electron chi connectivity index (χ1n) is 10.6. The molecule has 2 aromatic rings. The molecule has 4 N–H and O–H groups in total. The summed E-state index contributed by atoms with van der Waals surface area (Å²) in [6.07, 6.45) is 0.728. The van der Waals surface area contributed by atoms with Crippen LogP contribution in [0.3, 0.4) is 0 Å². The van der Waals surface area contributed by atoms with E-state index in [1.54, 1.807) is 5.38 Å². The molecular formula is C24H30N4O3S. The van der Waals surface area contributed by atoms with Crippen LogP contribution in [0.25, 0.3) is 5.57 Å². The molecule has 1 aliphatic rings. The van der Waals surface area contributed by atoms with Crippen LogP contribution in [-0.4, -0.2) is 36.6 Å². The molecule has 8 heteroatoms. The molecule has 1 aromatic heterocycles. The maximum atomic E-state index is 13.0. The SMILES string of the molecule is COC(=O)C1=C(c2ccc(C)cc2)C(CN)=C(CC(C)C)N(c2nc(C(N)=O)cs2)C1C.